The third kappa shape index (κ3) is 2.85. The summed E-state index contributed by atoms with van der Waals surface area (Å²) in [5.74, 6) is 0.000657. The van der Waals surface area contributed by atoms with Crippen LogP contribution in [0.1, 0.15) is 17.3 Å². The molecule has 0 radical (unpaired) electrons. The molecule has 1 N–H and O–H groups in total. The van der Waals surface area contributed by atoms with Crippen LogP contribution in [0.25, 0.3) is 10.2 Å². The summed E-state index contributed by atoms with van der Waals surface area (Å²) in [4.78, 5) is 20.8. The second-order valence-electron chi connectivity index (χ2n) is 3.56. The molecule has 0 aliphatic rings. The van der Waals surface area contributed by atoms with Crippen molar-refractivity contribution in [2.45, 2.75) is 6.92 Å². The Hall–Kier alpha value is -1.66. The predicted octanol–water partition coefficient (Wildman–Crippen LogP) is 3.12. The number of fused-ring (bicyclic) bond motifs is 1. The highest BCUT2D eigenvalue weighted by atomic mass is 35.5. The standard InChI is InChI=1S/C12H12ClN3O2S/c1-3-5-14-12-15-9(13)8-7(11(17)18-4-2)6-19-10(8)16-12/h3,6H,1,4-5H2,2H3,(H,14,15,16). The third-order valence-electron chi connectivity index (χ3n) is 2.29. The molecule has 0 bridgehead atoms. The number of hydrogen-bond donors (Lipinski definition) is 1. The van der Waals surface area contributed by atoms with Crippen molar-refractivity contribution < 1.29 is 9.53 Å². The summed E-state index contributed by atoms with van der Waals surface area (Å²) in [6.45, 7) is 6.20. The lowest BCUT2D eigenvalue weighted by molar-refractivity contribution is 0.0529. The molecule has 0 aromatic carbocycles. The van der Waals surface area contributed by atoms with Crippen molar-refractivity contribution in [3.8, 4) is 0 Å². The van der Waals surface area contributed by atoms with E-state index in [2.05, 4.69) is 21.9 Å². The van der Waals surface area contributed by atoms with E-state index in [4.69, 9.17) is 16.3 Å². The minimum Gasteiger partial charge on any atom is -0.462 e. The number of carbonyl (C=O) groups is 1. The number of thiophene rings is 1. The smallest absolute Gasteiger partial charge is 0.339 e. The molecule has 0 amide bonds. The number of hydrogen-bond acceptors (Lipinski definition) is 6. The van der Waals surface area contributed by atoms with Gasteiger partial charge >= 0.3 is 5.97 Å². The zero-order chi connectivity index (χ0) is 13.8. The molecule has 0 saturated heterocycles. The SMILES string of the molecule is C=CCNc1nc(Cl)c2c(C(=O)OCC)csc2n1. The number of aromatic nitrogens is 2. The Morgan fingerprint density at radius 1 is 1.63 bits per heavy atom. The predicted molar refractivity (Wildman–Crippen MR) is 77.1 cm³/mol. The van der Waals surface area contributed by atoms with E-state index in [1.807, 2.05) is 0 Å². The monoisotopic (exact) mass is 297 g/mol. The number of anilines is 1. The summed E-state index contributed by atoms with van der Waals surface area (Å²) < 4.78 is 4.97. The van der Waals surface area contributed by atoms with Gasteiger partial charge in [-0.1, -0.05) is 17.7 Å². The van der Waals surface area contributed by atoms with Gasteiger partial charge in [0.25, 0.3) is 0 Å². The van der Waals surface area contributed by atoms with Gasteiger partial charge in [0.15, 0.2) is 0 Å². The fourth-order valence-corrected chi connectivity index (χ4v) is 2.74. The number of carbonyl (C=O) groups excluding carboxylic acids is 1. The Morgan fingerprint density at radius 3 is 3.11 bits per heavy atom. The molecular weight excluding hydrogens is 286 g/mol. The van der Waals surface area contributed by atoms with E-state index in [-0.39, 0.29) is 5.15 Å². The average Bonchev–Trinajstić information content (AvgIpc) is 2.81. The molecule has 0 aliphatic heterocycles. The highest BCUT2D eigenvalue weighted by molar-refractivity contribution is 7.17. The Kier molecular flexibility index (Phi) is 4.34. The van der Waals surface area contributed by atoms with Crippen molar-refractivity contribution in [1.29, 1.82) is 0 Å². The second-order valence-corrected chi connectivity index (χ2v) is 4.77. The molecule has 19 heavy (non-hydrogen) atoms. The first kappa shape index (κ1) is 13.8. The van der Waals surface area contributed by atoms with Crippen LogP contribution in [0.5, 0.6) is 0 Å². The molecule has 5 nitrogen and oxygen atoms in total. The molecule has 0 saturated carbocycles. The van der Waals surface area contributed by atoms with Crippen LogP contribution in [0, 0.1) is 0 Å². The lowest BCUT2D eigenvalue weighted by Crippen LogP contribution is -2.05. The van der Waals surface area contributed by atoms with Gasteiger partial charge in [-0.2, -0.15) is 0 Å². The van der Waals surface area contributed by atoms with Crippen LogP contribution in [0.4, 0.5) is 5.95 Å². The third-order valence-corrected chi connectivity index (χ3v) is 3.43. The molecule has 0 fully saturated rings. The molecule has 0 aliphatic carbocycles. The molecule has 7 heteroatoms. The maximum Gasteiger partial charge on any atom is 0.339 e. The zero-order valence-corrected chi connectivity index (χ0v) is 11.8. The summed E-state index contributed by atoms with van der Waals surface area (Å²) in [7, 11) is 0. The van der Waals surface area contributed by atoms with E-state index in [1.54, 1.807) is 18.4 Å². The highest BCUT2D eigenvalue weighted by Gasteiger charge is 2.18. The molecular formula is C12H12ClN3O2S. The van der Waals surface area contributed by atoms with Crippen molar-refractivity contribution >= 4 is 45.1 Å². The number of rotatable bonds is 5. The summed E-state index contributed by atoms with van der Waals surface area (Å²) in [6, 6.07) is 0. The zero-order valence-electron chi connectivity index (χ0n) is 10.3. The van der Waals surface area contributed by atoms with Crippen LogP contribution in [-0.4, -0.2) is 29.1 Å². The lowest BCUT2D eigenvalue weighted by Gasteiger charge is -2.04. The second kappa shape index (κ2) is 5.99. The highest BCUT2D eigenvalue weighted by Crippen LogP contribution is 2.31. The minimum absolute atomic E-state index is 0.237. The van der Waals surface area contributed by atoms with Gasteiger partial charge in [0.2, 0.25) is 5.95 Å². The van der Waals surface area contributed by atoms with Crippen LogP contribution in [0.2, 0.25) is 5.15 Å². The molecule has 2 heterocycles. The van der Waals surface area contributed by atoms with Crippen LogP contribution < -0.4 is 5.32 Å². The first-order valence-electron chi connectivity index (χ1n) is 5.64. The number of halogens is 1. The van der Waals surface area contributed by atoms with Crippen molar-refractivity contribution in [3.05, 3.63) is 28.8 Å². The van der Waals surface area contributed by atoms with Crippen LogP contribution in [0.15, 0.2) is 18.0 Å². The summed E-state index contributed by atoms with van der Waals surface area (Å²) in [5.41, 5.74) is 0.405. The molecule has 0 spiro atoms. The fraction of sp³-hybridized carbons (Fsp3) is 0.250. The van der Waals surface area contributed by atoms with Crippen molar-refractivity contribution in [2.75, 3.05) is 18.5 Å². The van der Waals surface area contributed by atoms with Gasteiger partial charge in [0.1, 0.15) is 9.98 Å². The maximum absolute atomic E-state index is 11.8. The van der Waals surface area contributed by atoms with E-state index in [1.165, 1.54) is 11.3 Å². The fourth-order valence-electron chi connectivity index (χ4n) is 1.50. The minimum atomic E-state index is -0.411. The topological polar surface area (TPSA) is 64.1 Å². The molecule has 0 atom stereocenters. The maximum atomic E-state index is 11.8. The summed E-state index contributed by atoms with van der Waals surface area (Å²) >= 11 is 7.44. The molecule has 2 aromatic heterocycles. The first-order valence-corrected chi connectivity index (χ1v) is 6.89. The normalized spacial score (nSPS) is 10.4. The molecule has 2 rings (SSSR count). The van der Waals surface area contributed by atoms with Gasteiger partial charge in [-0.05, 0) is 6.92 Å². The summed E-state index contributed by atoms with van der Waals surface area (Å²) in [5, 5.41) is 5.41. The van der Waals surface area contributed by atoms with E-state index in [9.17, 15) is 4.79 Å². The first-order chi connectivity index (χ1) is 9.17. The van der Waals surface area contributed by atoms with Gasteiger partial charge in [-0.15, -0.1) is 17.9 Å². The average molecular weight is 298 g/mol. The Balaban J connectivity index is 2.43. The van der Waals surface area contributed by atoms with Gasteiger partial charge < -0.3 is 10.1 Å². The molecule has 2 aromatic rings. The molecule has 0 unspecified atom stereocenters. The van der Waals surface area contributed by atoms with Gasteiger partial charge in [-0.3, -0.25) is 0 Å². The van der Waals surface area contributed by atoms with Crippen molar-refractivity contribution in [2.24, 2.45) is 0 Å². The van der Waals surface area contributed by atoms with Gasteiger partial charge in [0, 0.05) is 11.9 Å². The van der Waals surface area contributed by atoms with Crippen molar-refractivity contribution in [3.63, 3.8) is 0 Å². The van der Waals surface area contributed by atoms with Crippen LogP contribution in [-0.2, 0) is 4.74 Å². The Labute approximate surface area is 119 Å². The number of ether oxygens (including phenoxy) is 1. The van der Waals surface area contributed by atoms with Crippen LogP contribution >= 0.6 is 22.9 Å². The number of esters is 1. The Bertz CT molecular complexity index is 627. The van der Waals surface area contributed by atoms with E-state index in [0.29, 0.717) is 34.9 Å². The number of nitrogens with zero attached hydrogens (tertiary/aromatic N) is 2. The van der Waals surface area contributed by atoms with E-state index >= 15 is 0 Å². The lowest BCUT2D eigenvalue weighted by atomic mass is 10.2. The van der Waals surface area contributed by atoms with Gasteiger partial charge in [-0.25, -0.2) is 14.8 Å². The number of nitrogens with one attached hydrogen (secondary N) is 1. The van der Waals surface area contributed by atoms with E-state index < -0.39 is 5.97 Å². The largest absolute Gasteiger partial charge is 0.462 e. The van der Waals surface area contributed by atoms with Gasteiger partial charge in [0.05, 0.1) is 17.6 Å². The summed E-state index contributed by atoms with van der Waals surface area (Å²) in [6.07, 6.45) is 1.69. The van der Waals surface area contributed by atoms with Crippen LogP contribution in [0.3, 0.4) is 0 Å². The molecule has 100 valence electrons. The van der Waals surface area contributed by atoms with E-state index in [0.717, 1.165) is 0 Å². The Morgan fingerprint density at radius 2 is 2.42 bits per heavy atom. The van der Waals surface area contributed by atoms with Crippen molar-refractivity contribution in [1.82, 2.24) is 9.97 Å². The quantitative estimate of drug-likeness (QED) is 0.522.